The van der Waals surface area contributed by atoms with Crippen molar-refractivity contribution in [1.29, 1.82) is 0 Å². The van der Waals surface area contributed by atoms with Gasteiger partial charge in [-0.2, -0.15) is 11.8 Å². The predicted octanol–water partition coefficient (Wildman–Crippen LogP) is 2.09. The van der Waals surface area contributed by atoms with Crippen molar-refractivity contribution in [2.45, 2.75) is 39.2 Å². The smallest absolute Gasteiger partial charge is 0.134 e. The molecule has 3 heteroatoms. The summed E-state index contributed by atoms with van der Waals surface area (Å²) in [6.07, 6.45) is 2.61. The monoisotopic (exact) mass is 215 g/mol. The molecule has 0 amide bonds. The van der Waals surface area contributed by atoms with Gasteiger partial charge in [-0.25, -0.2) is 0 Å². The Balaban J connectivity index is 2.18. The van der Waals surface area contributed by atoms with Crippen LogP contribution in [0, 0.1) is 5.92 Å². The molecule has 14 heavy (non-hydrogen) atoms. The van der Waals surface area contributed by atoms with Crippen molar-refractivity contribution >= 4 is 17.5 Å². The highest BCUT2D eigenvalue weighted by Gasteiger charge is 2.17. The molecule has 1 aliphatic heterocycles. The Kier molecular flexibility index (Phi) is 5.56. The van der Waals surface area contributed by atoms with Crippen LogP contribution in [-0.4, -0.2) is 29.9 Å². The van der Waals surface area contributed by atoms with E-state index in [1.54, 1.807) is 0 Å². The number of hydrogen-bond acceptors (Lipinski definition) is 3. The molecule has 0 radical (unpaired) electrons. The van der Waals surface area contributed by atoms with E-state index in [1.165, 1.54) is 5.75 Å². The van der Waals surface area contributed by atoms with E-state index in [1.807, 2.05) is 11.8 Å². The fourth-order valence-corrected chi connectivity index (χ4v) is 2.59. The number of hydrogen-bond donors (Lipinski definition) is 1. The van der Waals surface area contributed by atoms with Gasteiger partial charge in [0.05, 0.1) is 0 Å². The number of Topliss-reactive ketones (excluding diaryl/α,β-unsaturated/α-hetero) is 1. The molecule has 1 rings (SSSR count). The summed E-state index contributed by atoms with van der Waals surface area (Å²) in [5, 5.41) is 3.40. The van der Waals surface area contributed by atoms with Crippen LogP contribution >= 0.6 is 11.8 Å². The predicted molar refractivity (Wildman–Crippen MR) is 62.8 cm³/mol. The Morgan fingerprint density at radius 1 is 1.64 bits per heavy atom. The second kappa shape index (κ2) is 6.46. The molecule has 0 aliphatic carbocycles. The van der Waals surface area contributed by atoms with Crippen molar-refractivity contribution in [2.75, 3.05) is 18.1 Å². The molecule has 1 N–H and O–H groups in total. The topological polar surface area (TPSA) is 29.1 Å². The Morgan fingerprint density at radius 2 is 2.43 bits per heavy atom. The third-order valence-electron chi connectivity index (χ3n) is 2.75. The SMILES string of the molecule is CCC(C)CC(=O)CC1CSCCN1. The molecule has 82 valence electrons. The van der Waals surface area contributed by atoms with Gasteiger partial charge in [0.2, 0.25) is 0 Å². The number of nitrogens with one attached hydrogen (secondary N) is 1. The van der Waals surface area contributed by atoms with Crippen molar-refractivity contribution in [1.82, 2.24) is 5.32 Å². The van der Waals surface area contributed by atoms with E-state index in [0.29, 0.717) is 17.7 Å². The summed E-state index contributed by atoms with van der Waals surface area (Å²) in [6.45, 7) is 5.36. The lowest BCUT2D eigenvalue weighted by Gasteiger charge is -2.22. The van der Waals surface area contributed by atoms with Gasteiger partial charge in [-0.3, -0.25) is 4.79 Å². The van der Waals surface area contributed by atoms with Gasteiger partial charge in [0.15, 0.2) is 0 Å². The summed E-state index contributed by atoms with van der Waals surface area (Å²) < 4.78 is 0. The lowest BCUT2D eigenvalue weighted by molar-refractivity contribution is -0.120. The molecule has 0 bridgehead atoms. The van der Waals surface area contributed by atoms with Crippen LogP contribution in [0.3, 0.4) is 0 Å². The van der Waals surface area contributed by atoms with Gasteiger partial charge in [0, 0.05) is 36.9 Å². The third-order valence-corrected chi connectivity index (χ3v) is 3.88. The minimum Gasteiger partial charge on any atom is -0.312 e. The van der Waals surface area contributed by atoms with Gasteiger partial charge in [0.25, 0.3) is 0 Å². The molecule has 0 aromatic heterocycles. The number of carbonyl (C=O) groups excluding carboxylic acids is 1. The molecule has 0 spiro atoms. The standard InChI is InChI=1S/C11H21NOS/c1-3-9(2)6-11(13)7-10-8-14-5-4-12-10/h9-10,12H,3-8H2,1-2H3. The summed E-state index contributed by atoms with van der Waals surface area (Å²) in [5.74, 6) is 3.28. The molecular weight excluding hydrogens is 194 g/mol. The molecule has 2 unspecified atom stereocenters. The third kappa shape index (κ3) is 4.47. The van der Waals surface area contributed by atoms with Crippen LogP contribution < -0.4 is 5.32 Å². The Labute approximate surface area is 91.2 Å². The minimum atomic E-state index is 0.430. The van der Waals surface area contributed by atoms with Gasteiger partial charge in [-0.05, 0) is 5.92 Å². The fraction of sp³-hybridized carbons (Fsp3) is 0.909. The molecule has 1 aliphatic rings. The van der Waals surface area contributed by atoms with Crippen LogP contribution in [0.5, 0.6) is 0 Å². The summed E-state index contributed by atoms with van der Waals surface area (Å²) in [4.78, 5) is 11.6. The van der Waals surface area contributed by atoms with E-state index in [4.69, 9.17) is 0 Å². The van der Waals surface area contributed by atoms with Crippen molar-refractivity contribution in [3.8, 4) is 0 Å². The van der Waals surface area contributed by atoms with E-state index in [9.17, 15) is 4.79 Å². The van der Waals surface area contributed by atoms with Crippen molar-refractivity contribution in [3.63, 3.8) is 0 Å². The first-order chi connectivity index (χ1) is 6.72. The zero-order chi connectivity index (χ0) is 10.4. The maximum absolute atomic E-state index is 11.6. The quantitative estimate of drug-likeness (QED) is 0.761. The number of ketones is 1. The highest BCUT2D eigenvalue weighted by atomic mass is 32.2. The van der Waals surface area contributed by atoms with Gasteiger partial charge >= 0.3 is 0 Å². The summed E-state index contributed by atoms with van der Waals surface area (Å²) >= 11 is 1.95. The highest BCUT2D eigenvalue weighted by Crippen LogP contribution is 2.14. The summed E-state index contributed by atoms with van der Waals surface area (Å²) in [6, 6.07) is 0.435. The van der Waals surface area contributed by atoms with Crippen LogP contribution in [0.15, 0.2) is 0 Å². The van der Waals surface area contributed by atoms with Crippen LogP contribution in [0.4, 0.5) is 0 Å². The molecule has 0 saturated carbocycles. The second-order valence-corrected chi connectivity index (χ2v) is 5.34. The van der Waals surface area contributed by atoms with E-state index < -0.39 is 0 Å². The van der Waals surface area contributed by atoms with Crippen LogP contribution in [-0.2, 0) is 4.79 Å². The molecule has 1 heterocycles. The van der Waals surface area contributed by atoms with Crippen LogP contribution in [0.25, 0.3) is 0 Å². The Hall–Kier alpha value is -0.0200. The van der Waals surface area contributed by atoms with Gasteiger partial charge in [-0.1, -0.05) is 20.3 Å². The number of thioether (sulfide) groups is 1. The number of carbonyl (C=O) groups is 1. The molecule has 2 nitrogen and oxygen atoms in total. The maximum Gasteiger partial charge on any atom is 0.134 e. The Morgan fingerprint density at radius 3 is 3.00 bits per heavy atom. The van der Waals surface area contributed by atoms with Gasteiger partial charge < -0.3 is 5.32 Å². The summed E-state index contributed by atoms with van der Waals surface area (Å²) in [5.41, 5.74) is 0. The van der Waals surface area contributed by atoms with Gasteiger partial charge in [0.1, 0.15) is 5.78 Å². The van der Waals surface area contributed by atoms with E-state index in [0.717, 1.165) is 31.6 Å². The first-order valence-corrected chi connectivity index (χ1v) is 6.70. The van der Waals surface area contributed by atoms with Crippen LogP contribution in [0.2, 0.25) is 0 Å². The van der Waals surface area contributed by atoms with E-state index >= 15 is 0 Å². The Bertz CT molecular complexity index is 178. The molecule has 2 atom stereocenters. The normalized spacial score (nSPS) is 24.6. The average Bonchev–Trinajstić information content (AvgIpc) is 2.19. The van der Waals surface area contributed by atoms with Crippen molar-refractivity contribution in [3.05, 3.63) is 0 Å². The first kappa shape index (κ1) is 12.1. The summed E-state index contributed by atoms with van der Waals surface area (Å²) in [7, 11) is 0. The van der Waals surface area contributed by atoms with Crippen molar-refractivity contribution < 1.29 is 4.79 Å². The highest BCUT2D eigenvalue weighted by molar-refractivity contribution is 7.99. The van der Waals surface area contributed by atoms with Gasteiger partial charge in [-0.15, -0.1) is 0 Å². The minimum absolute atomic E-state index is 0.430. The fourth-order valence-electron chi connectivity index (χ4n) is 1.64. The zero-order valence-electron chi connectivity index (χ0n) is 9.21. The maximum atomic E-state index is 11.6. The lowest BCUT2D eigenvalue weighted by Crippen LogP contribution is -2.39. The number of rotatable bonds is 5. The molecule has 1 fully saturated rings. The molecule has 0 aromatic rings. The van der Waals surface area contributed by atoms with E-state index in [2.05, 4.69) is 19.2 Å². The van der Waals surface area contributed by atoms with Crippen LogP contribution in [0.1, 0.15) is 33.1 Å². The zero-order valence-corrected chi connectivity index (χ0v) is 10.0. The van der Waals surface area contributed by atoms with E-state index in [-0.39, 0.29) is 0 Å². The van der Waals surface area contributed by atoms with Crippen molar-refractivity contribution in [2.24, 2.45) is 5.92 Å². The molecule has 0 aromatic carbocycles. The lowest BCUT2D eigenvalue weighted by atomic mass is 9.98. The average molecular weight is 215 g/mol. The largest absolute Gasteiger partial charge is 0.312 e. The second-order valence-electron chi connectivity index (χ2n) is 4.19. The molecule has 1 saturated heterocycles. The first-order valence-electron chi connectivity index (χ1n) is 5.55. The molecular formula is C11H21NOS.